The number of hydrogen-bond acceptors (Lipinski definition) is 2. The molecular formula is C17H26N2O. The summed E-state index contributed by atoms with van der Waals surface area (Å²) in [6, 6.07) is 10.4. The highest BCUT2D eigenvalue weighted by molar-refractivity contribution is 5.79. The molecule has 110 valence electrons. The lowest BCUT2D eigenvalue weighted by molar-refractivity contribution is -0.138. The molecule has 2 rings (SSSR count). The molecule has 2 atom stereocenters. The molecule has 0 heterocycles. The van der Waals surface area contributed by atoms with Crippen molar-refractivity contribution in [1.82, 2.24) is 4.90 Å². The molecule has 20 heavy (non-hydrogen) atoms. The molecule has 1 aliphatic rings. The fraction of sp³-hybridized carbons (Fsp3) is 0.588. The van der Waals surface area contributed by atoms with Crippen LogP contribution in [0.15, 0.2) is 30.3 Å². The molecule has 1 saturated carbocycles. The first kappa shape index (κ1) is 15.0. The van der Waals surface area contributed by atoms with E-state index in [0.717, 1.165) is 6.54 Å². The number of benzene rings is 1. The smallest absolute Gasteiger partial charge is 0.227 e. The summed E-state index contributed by atoms with van der Waals surface area (Å²) in [7, 11) is 0. The van der Waals surface area contributed by atoms with Crippen LogP contribution in [0.4, 0.5) is 0 Å². The molecule has 0 bridgehead atoms. The van der Waals surface area contributed by atoms with Crippen molar-refractivity contribution in [3.63, 3.8) is 0 Å². The standard InChI is InChI=1S/C17H26N2O/c1-13(11-18)17(20)19(12-15-7-6-8-15)14(2)16-9-4-3-5-10-16/h3-5,9-10,13-15H,6-8,11-12,18H2,1-2H3. The zero-order chi connectivity index (χ0) is 14.5. The van der Waals surface area contributed by atoms with Gasteiger partial charge in [0.1, 0.15) is 0 Å². The molecule has 1 amide bonds. The van der Waals surface area contributed by atoms with Gasteiger partial charge in [-0.15, -0.1) is 0 Å². The van der Waals surface area contributed by atoms with Gasteiger partial charge in [-0.2, -0.15) is 0 Å². The number of amides is 1. The van der Waals surface area contributed by atoms with Crippen LogP contribution in [0.2, 0.25) is 0 Å². The summed E-state index contributed by atoms with van der Waals surface area (Å²) < 4.78 is 0. The lowest BCUT2D eigenvalue weighted by atomic mass is 9.84. The van der Waals surface area contributed by atoms with Crippen LogP contribution in [0.1, 0.15) is 44.7 Å². The molecule has 0 saturated heterocycles. The minimum absolute atomic E-state index is 0.0961. The maximum absolute atomic E-state index is 12.6. The van der Waals surface area contributed by atoms with E-state index >= 15 is 0 Å². The Morgan fingerprint density at radius 3 is 2.45 bits per heavy atom. The molecule has 0 radical (unpaired) electrons. The SMILES string of the molecule is CC(CN)C(=O)N(CC1CCC1)C(C)c1ccccc1. The van der Waals surface area contributed by atoms with Crippen molar-refractivity contribution < 1.29 is 4.79 Å². The number of nitrogens with zero attached hydrogens (tertiary/aromatic N) is 1. The molecule has 2 N–H and O–H groups in total. The van der Waals surface area contributed by atoms with Crippen LogP contribution in [-0.2, 0) is 4.79 Å². The second-order valence-corrected chi connectivity index (χ2v) is 6.01. The summed E-state index contributed by atoms with van der Waals surface area (Å²) in [4.78, 5) is 14.6. The van der Waals surface area contributed by atoms with Gasteiger partial charge >= 0.3 is 0 Å². The fourth-order valence-electron chi connectivity index (χ4n) is 2.69. The molecule has 1 fully saturated rings. The van der Waals surface area contributed by atoms with E-state index in [1.807, 2.05) is 30.0 Å². The Morgan fingerprint density at radius 1 is 1.30 bits per heavy atom. The molecule has 3 nitrogen and oxygen atoms in total. The van der Waals surface area contributed by atoms with Crippen molar-refractivity contribution in [2.75, 3.05) is 13.1 Å². The highest BCUT2D eigenvalue weighted by Crippen LogP contribution is 2.31. The highest BCUT2D eigenvalue weighted by atomic mass is 16.2. The van der Waals surface area contributed by atoms with Crippen molar-refractivity contribution in [2.24, 2.45) is 17.6 Å². The van der Waals surface area contributed by atoms with E-state index in [9.17, 15) is 4.79 Å². The lowest BCUT2D eigenvalue weighted by Crippen LogP contribution is -2.43. The summed E-state index contributed by atoms with van der Waals surface area (Å²) in [5.41, 5.74) is 6.88. The molecule has 0 aliphatic heterocycles. The van der Waals surface area contributed by atoms with E-state index in [2.05, 4.69) is 19.1 Å². The number of carbonyl (C=O) groups is 1. The molecule has 1 aromatic rings. The summed E-state index contributed by atoms with van der Waals surface area (Å²) in [6.07, 6.45) is 3.81. The van der Waals surface area contributed by atoms with Gasteiger partial charge in [-0.3, -0.25) is 4.79 Å². The largest absolute Gasteiger partial charge is 0.335 e. The molecular weight excluding hydrogens is 248 g/mol. The zero-order valence-corrected chi connectivity index (χ0v) is 12.6. The maximum atomic E-state index is 12.6. The van der Waals surface area contributed by atoms with Crippen LogP contribution >= 0.6 is 0 Å². The molecule has 1 aliphatic carbocycles. The topological polar surface area (TPSA) is 46.3 Å². The first-order chi connectivity index (χ1) is 9.63. The van der Waals surface area contributed by atoms with Crippen molar-refractivity contribution in [2.45, 2.75) is 39.2 Å². The molecule has 0 spiro atoms. The third-order valence-electron chi connectivity index (χ3n) is 4.49. The van der Waals surface area contributed by atoms with Gasteiger partial charge in [-0.05, 0) is 31.2 Å². The summed E-state index contributed by atoms with van der Waals surface area (Å²) in [5.74, 6) is 0.770. The normalized spacial score (nSPS) is 18.1. The van der Waals surface area contributed by atoms with E-state index < -0.39 is 0 Å². The van der Waals surface area contributed by atoms with Crippen LogP contribution in [0.5, 0.6) is 0 Å². The van der Waals surface area contributed by atoms with Crippen LogP contribution < -0.4 is 5.73 Å². The lowest BCUT2D eigenvalue weighted by Gasteiger charge is -2.37. The summed E-state index contributed by atoms with van der Waals surface area (Å²) in [5, 5.41) is 0. The van der Waals surface area contributed by atoms with Crippen molar-refractivity contribution >= 4 is 5.91 Å². The van der Waals surface area contributed by atoms with Gasteiger partial charge in [-0.1, -0.05) is 43.7 Å². The molecule has 0 aromatic heterocycles. The fourth-order valence-corrected chi connectivity index (χ4v) is 2.69. The van der Waals surface area contributed by atoms with Crippen LogP contribution in [0.25, 0.3) is 0 Å². The Bertz CT molecular complexity index is 428. The summed E-state index contributed by atoms with van der Waals surface area (Å²) >= 11 is 0. The van der Waals surface area contributed by atoms with Crippen molar-refractivity contribution in [3.05, 3.63) is 35.9 Å². The second kappa shape index (κ2) is 6.89. The van der Waals surface area contributed by atoms with Gasteiger partial charge in [0.2, 0.25) is 5.91 Å². The number of nitrogens with two attached hydrogens (primary N) is 1. The third kappa shape index (κ3) is 3.40. The van der Waals surface area contributed by atoms with Crippen molar-refractivity contribution in [3.8, 4) is 0 Å². The summed E-state index contributed by atoms with van der Waals surface area (Å²) in [6.45, 7) is 5.34. The van der Waals surface area contributed by atoms with Gasteiger partial charge < -0.3 is 10.6 Å². The van der Waals surface area contributed by atoms with E-state index in [0.29, 0.717) is 12.5 Å². The zero-order valence-electron chi connectivity index (χ0n) is 12.6. The molecule has 1 aromatic carbocycles. The predicted octanol–water partition coefficient (Wildman–Crippen LogP) is 2.97. The van der Waals surface area contributed by atoms with Gasteiger partial charge in [0.15, 0.2) is 0 Å². The average Bonchev–Trinajstić information content (AvgIpc) is 2.45. The number of rotatable bonds is 6. The maximum Gasteiger partial charge on any atom is 0.227 e. The van der Waals surface area contributed by atoms with Crippen molar-refractivity contribution in [1.29, 1.82) is 0 Å². The molecule has 3 heteroatoms. The minimum atomic E-state index is -0.0961. The minimum Gasteiger partial charge on any atom is -0.335 e. The van der Waals surface area contributed by atoms with Crippen LogP contribution in [-0.4, -0.2) is 23.9 Å². The van der Waals surface area contributed by atoms with E-state index in [1.165, 1.54) is 24.8 Å². The number of hydrogen-bond donors (Lipinski definition) is 1. The number of carbonyl (C=O) groups excluding carboxylic acids is 1. The van der Waals surface area contributed by atoms with E-state index in [4.69, 9.17) is 5.73 Å². The van der Waals surface area contributed by atoms with Gasteiger partial charge in [0.25, 0.3) is 0 Å². The van der Waals surface area contributed by atoms with Crippen LogP contribution in [0, 0.1) is 11.8 Å². The third-order valence-corrected chi connectivity index (χ3v) is 4.49. The van der Waals surface area contributed by atoms with Crippen LogP contribution in [0.3, 0.4) is 0 Å². The first-order valence-corrected chi connectivity index (χ1v) is 7.69. The monoisotopic (exact) mass is 274 g/mol. The Balaban J connectivity index is 2.14. The van der Waals surface area contributed by atoms with Gasteiger partial charge in [-0.25, -0.2) is 0 Å². The second-order valence-electron chi connectivity index (χ2n) is 6.01. The van der Waals surface area contributed by atoms with Gasteiger partial charge in [0, 0.05) is 19.0 Å². The molecule has 2 unspecified atom stereocenters. The first-order valence-electron chi connectivity index (χ1n) is 7.69. The Kier molecular flexibility index (Phi) is 5.18. The quantitative estimate of drug-likeness (QED) is 0.867. The predicted molar refractivity (Wildman–Crippen MR) is 82.1 cm³/mol. The average molecular weight is 274 g/mol. The van der Waals surface area contributed by atoms with E-state index in [-0.39, 0.29) is 17.9 Å². The Hall–Kier alpha value is -1.35. The highest BCUT2D eigenvalue weighted by Gasteiger charge is 2.29. The Morgan fingerprint density at radius 2 is 1.95 bits per heavy atom. The van der Waals surface area contributed by atoms with E-state index in [1.54, 1.807) is 0 Å². The van der Waals surface area contributed by atoms with Gasteiger partial charge in [0.05, 0.1) is 6.04 Å². The Labute approximate surface area is 122 Å².